The summed E-state index contributed by atoms with van der Waals surface area (Å²) in [5, 5.41) is 0. The number of nitrogens with two attached hydrogens (primary N) is 1. The van der Waals surface area contributed by atoms with Crippen LogP contribution < -0.4 is 5.73 Å². The number of aryl methyl sites for hydroxylation is 1. The van der Waals surface area contributed by atoms with Crippen molar-refractivity contribution in [2.75, 3.05) is 0 Å². The lowest BCUT2D eigenvalue weighted by molar-refractivity contribution is -0.138. The molecule has 0 aromatic carbocycles. The second-order valence-electron chi connectivity index (χ2n) is 3.12. The fraction of sp³-hybridized carbons (Fsp3) is 0.333. The molecule has 0 saturated heterocycles. The topological polar surface area (TPSA) is 56.0 Å². The summed E-state index contributed by atoms with van der Waals surface area (Å²) < 4.78 is 37.3. The fourth-order valence-electron chi connectivity index (χ4n) is 1.38. The lowest BCUT2D eigenvalue weighted by atomic mass is 10.0. The number of aromatic nitrogens is 1. The highest BCUT2D eigenvalue weighted by Crippen LogP contribution is 2.32. The van der Waals surface area contributed by atoms with Gasteiger partial charge in [0, 0.05) is 6.20 Å². The summed E-state index contributed by atoms with van der Waals surface area (Å²) in [6, 6.07) is 0. The Labute approximate surface area is 84.1 Å². The molecule has 1 amide bonds. The van der Waals surface area contributed by atoms with Crippen LogP contribution in [0.2, 0.25) is 0 Å². The highest BCUT2D eigenvalue weighted by molar-refractivity contribution is 5.95. The first-order chi connectivity index (χ1) is 6.75. The predicted octanol–water partition coefficient (Wildman–Crippen LogP) is 1.82. The second-order valence-corrected chi connectivity index (χ2v) is 3.12. The summed E-state index contributed by atoms with van der Waals surface area (Å²) in [6.45, 7) is 2.64. The molecule has 15 heavy (non-hydrogen) atoms. The molecule has 3 nitrogen and oxygen atoms in total. The standard InChI is InChI=1S/C9H9F3N2O/c1-4-6(9(10,11)12)3-14-5(2)7(4)8(13)15/h3H,1-2H3,(H2,13,15). The lowest BCUT2D eigenvalue weighted by Crippen LogP contribution is -2.19. The largest absolute Gasteiger partial charge is 0.418 e. The SMILES string of the molecule is Cc1ncc(C(F)(F)F)c(C)c1C(N)=O. The van der Waals surface area contributed by atoms with Crippen LogP contribution in [0, 0.1) is 13.8 Å². The monoisotopic (exact) mass is 218 g/mol. The number of carbonyl (C=O) groups is 1. The first kappa shape index (κ1) is 11.5. The molecular weight excluding hydrogens is 209 g/mol. The smallest absolute Gasteiger partial charge is 0.366 e. The first-order valence-electron chi connectivity index (χ1n) is 4.08. The molecule has 1 aromatic heterocycles. The van der Waals surface area contributed by atoms with Crippen molar-refractivity contribution in [1.82, 2.24) is 4.98 Å². The maximum absolute atomic E-state index is 12.4. The third kappa shape index (κ3) is 2.08. The van der Waals surface area contributed by atoms with Gasteiger partial charge in [0.2, 0.25) is 0 Å². The molecule has 0 atom stereocenters. The van der Waals surface area contributed by atoms with Crippen LogP contribution in [0.1, 0.15) is 27.2 Å². The van der Waals surface area contributed by atoms with E-state index in [2.05, 4.69) is 4.98 Å². The number of alkyl halides is 3. The quantitative estimate of drug-likeness (QED) is 0.781. The van der Waals surface area contributed by atoms with E-state index >= 15 is 0 Å². The summed E-state index contributed by atoms with van der Waals surface area (Å²) in [4.78, 5) is 14.4. The van der Waals surface area contributed by atoms with E-state index in [1.54, 1.807) is 0 Å². The predicted molar refractivity (Wildman–Crippen MR) is 47.2 cm³/mol. The first-order valence-corrected chi connectivity index (χ1v) is 4.08. The molecule has 0 fully saturated rings. The molecule has 1 rings (SSSR count). The number of primary amides is 1. The van der Waals surface area contributed by atoms with Crippen molar-refractivity contribution in [2.45, 2.75) is 20.0 Å². The van der Waals surface area contributed by atoms with E-state index in [0.29, 0.717) is 6.20 Å². The van der Waals surface area contributed by atoms with Crippen molar-refractivity contribution in [3.05, 3.63) is 28.6 Å². The lowest BCUT2D eigenvalue weighted by Gasteiger charge is -2.13. The van der Waals surface area contributed by atoms with Gasteiger partial charge in [0.05, 0.1) is 16.8 Å². The molecule has 82 valence electrons. The van der Waals surface area contributed by atoms with Crippen LogP contribution in [0.15, 0.2) is 6.20 Å². The van der Waals surface area contributed by atoms with Crippen molar-refractivity contribution in [3.8, 4) is 0 Å². The van der Waals surface area contributed by atoms with E-state index in [1.165, 1.54) is 13.8 Å². The normalized spacial score (nSPS) is 11.5. The van der Waals surface area contributed by atoms with Gasteiger partial charge in [0.25, 0.3) is 5.91 Å². The van der Waals surface area contributed by atoms with Crippen LogP contribution in [0.4, 0.5) is 13.2 Å². The Morgan fingerprint density at radius 2 is 1.93 bits per heavy atom. The Morgan fingerprint density at radius 3 is 2.33 bits per heavy atom. The van der Waals surface area contributed by atoms with E-state index in [4.69, 9.17) is 5.73 Å². The summed E-state index contributed by atoms with van der Waals surface area (Å²) in [5.41, 5.74) is 3.91. The van der Waals surface area contributed by atoms with Crippen molar-refractivity contribution >= 4 is 5.91 Å². The molecule has 0 saturated carbocycles. The Kier molecular flexibility index (Phi) is 2.70. The fourth-order valence-corrected chi connectivity index (χ4v) is 1.38. The van der Waals surface area contributed by atoms with Crippen LogP contribution in [0.25, 0.3) is 0 Å². The summed E-state index contributed by atoms with van der Waals surface area (Å²) in [5.74, 6) is -0.899. The molecule has 1 aromatic rings. The molecule has 6 heteroatoms. The van der Waals surface area contributed by atoms with Gasteiger partial charge in [0.15, 0.2) is 0 Å². The van der Waals surface area contributed by atoms with E-state index in [0.717, 1.165) is 0 Å². The van der Waals surface area contributed by atoms with Gasteiger partial charge >= 0.3 is 6.18 Å². The highest BCUT2D eigenvalue weighted by Gasteiger charge is 2.34. The van der Waals surface area contributed by atoms with E-state index in [-0.39, 0.29) is 16.8 Å². The number of rotatable bonds is 1. The van der Waals surface area contributed by atoms with Crippen molar-refractivity contribution in [2.24, 2.45) is 5.73 Å². The Bertz CT molecular complexity index is 413. The van der Waals surface area contributed by atoms with Gasteiger partial charge in [-0.2, -0.15) is 13.2 Å². The number of amides is 1. The van der Waals surface area contributed by atoms with Crippen LogP contribution in [0.5, 0.6) is 0 Å². The number of hydrogen-bond donors (Lipinski definition) is 1. The molecule has 0 bridgehead atoms. The number of nitrogens with zero attached hydrogens (tertiary/aromatic N) is 1. The molecule has 0 aliphatic carbocycles. The Balaban J connectivity index is 3.49. The van der Waals surface area contributed by atoms with Gasteiger partial charge in [-0.1, -0.05) is 0 Å². The number of halogens is 3. The van der Waals surface area contributed by atoms with E-state index in [9.17, 15) is 18.0 Å². The van der Waals surface area contributed by atoms with Crippen LogP contribution in [0.3, 0.4) is 0 Å². The van der Waals surface area contributed by atoms with E-state index in [1.807, 2.05) is 0 Å². The molecule has 0 radical (unpaired) electrons. The summed E-state index contributed by atoms with van der Waals surface area (Å²) in [7, 11) is 0. The summed E-state index contributed by atoms with van der Waals surface area (Å²) in [6.07, 6.45) is -3.81. The zero-order valence-corrected chi connectivity index (χ0v) is 8.14. The second kappa shape index (κ2) is 3.52. The van der Waals surface area contributed by atoms with Crippen LogP contribution in [-0.2, 0) is 6.18 Å². The maximum Gasteiger partial charge on any atom is 0.418 e. The number of pyridine rings is 1. The Morgan fingerprint density at radius 1 is 1.40 bits per heavy atom. The van der Waals surface area contributed by atoms with Crippen LogP contribution in [-0.4, -0.2) is 10.9 Å². The third-order valence-corrected chi connectivity index (χ3v) is 2.08. The van der Waals surface area contributed by atoms with Gasteiger partial charge in [-0.25, -0.2) is 0 Å². The minimum absolute atomic E-state index is 0.162. The highest BCUT2D eigenvalue weighted by atomic mass is 19.4. The van der Waals surface area contributed by atoms with Gasteiger partial charge in [-0.05, 0) is 19.4 Å². The molecule has 0 spiro atoms. The Hall–Kier alpha value is -1.59. The summed E-state index contributed by atoms with van der Waals surface area (Å²) >= 11 is 0. The maximum atomic E-state index is 12.4. The molecule has 0 unspecified atom stereocenters. The van der Waals surface area contributed by atoms with Gasteiger partial charge in [-0.3, -0.25) is 9.78 Å². The zero-order chi connectivity index (χ0) is 11.8. The molecule has 0 aliphatic heterocycles. The van der Waals surface area contributed by atoms with Crippen molar-refractivity contribution in [3.63, 3.8) is 0 Å². The molecule has 2 N–H and O–H groups in total. The average Bonchev–Trinajstić information content (AvgIpc) is 2.00. The van der Waals surface area contributed by atoms with Gasteiger partial charge in [-0.15, -0.1) is 0 Å². The number of carbonyl (C=O) groups excluding carboxylic acids is 1. The van der Waals surface area contributed by atoms with E-state index < -0.39 is 17.6 Å². The van der Waals surface area contributed by atoms with Gasteiger partial charge < -0.3 is 5.73 Å². The van der Waals surface area contributed by atoms with Crippen LogP contribution >= 0.6 is 0 Å². The molecule has 1 heterocycles. The third-order valence-electron chi connectivity index (χ3n) is 2.08. The zero-order valence-electron chi connectivity index (χ0n) is 8.14. The average molecular weight is 218 g/mol. The molecule has 0 aliphatic rings. The molecular formula is C9H9F3N2O. The minimum atomic E-state index is -4.52. The van der Waals surface area contributed by atoms with Crippen molar-refractivity contribution < 1.29 is 18.0 Å². The van der Waals surface area contributed by atoms with Crippen molar-refractivity contribution in [1.29, 1.82) is 0 Å². The van der Waals surface area contributed by atoms with Gasteiger partial charge in [0.1, 0.15) is 0 Å². The minimum Gasteiger partial charge on any atom is -0.366 e. The number of hydrogen-bond acceptors (Lipinski definition) is 2.